The van der Waals surface area contributed by atoms with Crippen LogP contribution < -0.4 is 26.6 Å². The molecule has 3 rings (SSSR count). The van der Waals surface area contributed by atoms with Crippen LogP contribution in [0.3, 0.4) is 0 Å². The zero-order valence-electron chi connectivity index (χ0n) is 19.8. The van der Waals surface area contributed by atoms with E-state index in [0.717, 1.165) is 30.6 Å². The molecule has 0 fully saturated rings. The number of unbranched alkanes of at least 4 members (excludes halogenated alkanes) is 2. The van der Waals surface area contributed by atoms with Crippen LogP contribution >= 0.6 is 0 Å². The average molecular weight is 465 g/mol. The molecule has 0 saturated carbocycles. The van der Waals surface area contributed by atoms with Gasteiger partial charge in [0.1, 0.15) is 18.2 Å². The van der Waals surface area contributed by atoms with Gasteiger partial charge in [0.2, 0.25) is 0 Å². The molecule has 0 saturated heterocycles. The third-order valence-electron chi connectivity index (χ3n) is 5.55. The van der Waals surface area contributed by atoms with Gasteiger partial charge in [-0.1, -0.05) is 57.0 Å². The van der Waals surface area contributed by atoms with Gasteiger partial charge in [0.15, 0.2) is 5.69 Å². The van der Waals surface area contributed by atoms with Crippen LogP contribution in [0.25, 0.3) is 0 Å². The van der Waals surface area contributed by atoms with Crippen molar-refractivity contribution >= 4 is 17.4 Å². The number of benzene rings is 2. The Hall–Kier alpha value is -3.81. The maximum Gasteiger partial charge on any atom is 0.330 e. The Balaban J connectivity index is 1.87. The Labute approximate surface area is 199 Å². The fourth-order valence-corrected chi connectivity index (χ4v) is 3.59. The number of hydrogen-bond acceptors (Lipinski definition) is 5. The molecule has 0 bridgehead atoms. The number of hydrogen-bond donors (Lipinski definition) is 2. The second-order valence-electron chi connectivity index (χ2n) is 8.11. The number of nitrogens with two attached hydrogens (primary N) is 1. The molecule has 1 amide bonds. The molecule has 0 aliphatic rings. The molecule has 3 N–H and O–H groups in total. The third-order valence-corrected chi connectivity index (χ3v) is 5.55. The lowest BCUT2D eigenvalue weighted by Crippen LogP contribution is -2.41. The molecule has 0 radical (unpaired) electrons. The Morgan fingerprint density at radius 3 is 2.32 bits per heavy atom. The first-order valence-corrected chi connectivity index (χ1v) is 11.7. The van der Waals surface area contributed by atoms with E-state index in [4.69, 9.17) is 10.5 Å². The smallest absolute Gasteiger partial charge is 0.330 e. The van der Waals surface area contributed by atoms with E-state index >= 15 is 0 Å². The van der Waals surface area contributed by atoms with E-state index in [0.29, 0.717) is 31.7 Å². The number of nitrogens with one attached hydrogen (secondary N) is 1. The fraction of sp³-hybridized carbons (Fsp3) is 0.346. The number of aromatic amines is 1. The van der Waals surface area contributed by atoms with Crippen LogP contribution in [0.5, 0.6) is 5.75 Å². The molecule has 1 aromatic heterocycles. The predicted molar refractivity (Wildman–Crippen MR) is 134 cm³/mol. The van der Waals surface area contributed by atoms with Crippen molar-refractivity contribution in [3.63, 3.8) is 0 Å². The molecular weight excluding hydrogens is 432 g/mol. The molecule has 0 aliphatic heterocycles. The quantitative estimate of drug-likeness (QED) is 0.446. The van der Waals surface area contributed by atoms with Crippen LogP contribution in [-0.2, 0) is 13.2 Å². The third kappa shape index (κ3) is 5.95. The predicted octanol–water partition coefficient (Wildman–Crippen LogP) is 3.94. The number of para-hydroxylation sites is 1. The van der Waals surface area contributed by atoms with Gasteiger partial charge in [0, 0.05) is 18.7 Å². The summed E-state index contributed by atoms with van der Waals surface area (Å²) in [4.78, 5) is 42.2. The van der Waals surface area contributed by atoms with Crippen molar-refractivity contribution in [3.8, 4) is 5.75 Å². The SMILES string of the molecule is CCCCN(C(=O)c1ccc(COc2ccccc2)cc1)c1c(N)n(CCCC)c(=O)[nH]c1=O. The van der Waals surface area contributed by atoms with Crippen LogP contribution in [0.4, 0.5) is 11.5 Å². The van der Waals surface area contributed by atoms with Gasteiger partial charge in [-0.05, 0) is 42.7 Å². The summed E-state index contributed by atoms with van der Waals surface area (Å²) >= 11 is 0. The van der Waals surface area contributed by atoms with E-state index < -0.39 is 11.2 Å². The van der Waals surface area contributed by atoms with Gasteiger partial charge in [-0.2, -0.15) is 0 Å². The maximum absolute atomic E-state index is 13.5. The molecule has 8 heteroatoms. The lowest BCUT2D eigenvalue weighted by molar-refractivity contribution is 0.0986. The van der Waals surface area contributed by atoms with Crippen LogP contribution in [0, 0.1) is 0 Å². The zero-order chi connectivity index (χ0) is 24.5. The molecule has 1 heterocycles. The molecule has 0 atom stereocenters. The van der Waals surface area contributed by atoms with Crippen LogP contribution in [0.1, 0.15) is 55.5 Å². The van der Waals surface area contributed by atoms with E-state index in [2.05, 4.69) is 4.98 Å². The normalized spacial score (nSPS) is 10.8. The summed E-state index contributed by atoms with van der Waals surface area (Å²) in [6.07, 6.45) is 3.10. The number of H-pyrrole nitrogens is 1. The highest BCUT2D eigenvalue weighted by Gasteiger charge is 2.25. The summed E-state index contributed by atoms with van der Waals surface area (Å²) in [5, 5.41) is 0. The van der Waals surface area contributed by atoms with Gasteiger partial charge in [-0.3, -0.25) is 19.1 Å². The minimum absolute atomic E-state index is 0.0135. The number of aromatic nitrogens is 2. The highest BCUT2D eigenvalue weighted by Crippen LogP contribution is 2.21. The van der Waals surface area contributed by atoms with E-state index in [1.54, 1.807) is 12.1 Å². The van der Waals surface area contributed by atoms with Gasteiger partial charge in [-0.15, -0.1) is 0 Å². The number of carbonyl (C=O) groups is 1. The summed E-state index contributed by atoms with van der Waals surface area (Å²) < 4.78 is 7.09. The number of anilines is 2. The number of ether oxygens (including phenoxy) is 1. The molecule has 0 spiro atoms. The monoisotopic (exact) mass is 464 g/mol. The highest BCUT2D eigenvalue weighted by atomic mass is 16.5. The van der Waals surface area contributed by atoms with Gasteiger partial charge in [-0.25, -0.2) is 4.79 Å². The molecule has 3 aromatic rings. The van der Waals surface area contributed by atoms with Crippen molar-refractivity contribution in [2.24, 2.45) is 0 Å². The topological polar surface area (TPSA) is 110 Å². The lowest BCUT2D eigenvalue weighted by Gasteiger charge is -2.24. The largest absolute Gasteiger partial charge is 0.489 e. The van der Waals surface area contributed by atoms with E-state index in [-0.39, 0.29) is 17.4 Å². The maximum atomic E-state index is 13.5. The van der Waals surface area contributed by atoms with Crippen molar-refractivity contribution in [1.29, 1.82) is 0 Å². The van der Waals surface area contributed by atoms with Crippen molar-refractivity contribution in [2.75, 3.05) is 17.2 Å². The Bertz CT molecular complexity index is 1200. The van der Waals surface area contributed by atoms with Crippen molar-refractivity contribution in [3.05, 3.63) is 86.6 Å². The average Bonchev–Trinajstić information content (AvgIpc) is 2.85. The van der Waals surface area contributed by atoms with Gasteiger partial charge in [0.05, 0.1) is 0 Å². The number of amides is 1. The summed E-state index contributed by atoms with van der Waals surface area (Å²) in [5.41, 5.74) is 6.39. The molecule has 34 heavy (non-hydrogen) atoms. The summed E-state index contributed by atoms with van der Waals surface area (Å²) in [7, 11) is 0. The second-order valence-corrected chi connectivity index (χ2v) is 8.11. The molecule has 0 unspecified atom stereocenters. The molecule has 2 aromatic carbocycles. The van der Waals surface area contributed by atoms with Gasteiger partial charge in [0.25, 0.3) is 11.5 Å². The second kappa shape index (κ2) is 11.9. The molecule has 0 aliphatic carbocycles. The van der Waals surface area contributed by atoms with E-state index in [9.17, 15) is 14.4 Å². The molecular formula is C26H32N4O4. The first kappa shape index (κ1) is 24.8. The zero-order valence-corrected chi connectivity index (χ0v) is 19.8. The Kier molecular flexibility index (Phi) is 8.67. The molecule has 180 valence electrons. The minimum atomic E-state index is -0.660. The Morgan fingerprint density at radius 2 is 1.68 bits per heavy atom. The molecule has 8 nitrogen and oxygen atoms in total. The van der Waals surface area contributed by atoms with Crippen molar-refractivity contribution in [2.45, 2.75) is 52.7 Å². The van der Waals surface area contributed by atoms with E-state index in [1.807, 2.05) is 56.3 Å². The number of nitrogen functional groups attached to an aromatic ring is 1. The summed E-state index contributed by atoms with van der Waals surface area (Å²) in [5.74, 6) is 0.433. The first-order chi connectivity index (χ1) is 16.5. The lowest BCUT2D eigenvalue weighted by atomic mass is 10.1. The fourth-order valence-electron chi connectivity index (χ4n) is 3.59. The van der Waals surface area contributed by atoms with Crippen LogP contribution in [0.15, 0.2) is 64.2 Å². The summed E-state index contributed by atoms with van der Waals surface area (Å²) in [6.45, 7) is 5.05. The Morgan fingerprint density at radius 1 is 1.00 bits per heavy atom. The van der Waals surface area contributed by atoms with Crippen molar-refractivity contribution in [1.82, 2.24) is 9.55 Å². The van der Waals surface area contributed by atoms with E-state index in [1.165, 1.54) is 9.47 Å². The van der Waals surface area contributed by atoms with Crippen LogP contribution in [-0.4, -0.2) is 22.0 Å². The number of carbonyl (C=O) groups excluding carboxylic acids is 1. The number of rotatable bonds is 11. The highest BCUT2D eigenvalue weighted by molar-refractivity contribution is 6.07. The standard InChI is InChI=1S/C26H32N4O4/c1-3-5-16-29(22-23(27)30(17-6-4-2)26(33)28-24(22)31)25(32)20-14-12-19(13-15-20)18-34-21-10-8-7-9-11-21/h7-15H,3-6,16-18,27H2,1-2H3,(H,28,31,33). The van der Waals surface area contributed by atoms with Gasteiger partial charge >= 0.3 is 5.69 Å². The summed E-state index contributed by atoms with van der Waals surface area (Å²) in [6, 6.07) is 16.6. The van der Waals surface area contributed by atoms with Gasteiger partial charge < -0.3 is 15.4 Å². The first-order valence-electron chi connectivity index (χ1n) is 11.7. The van der Waals surface area contributed by atoms with Crippen LogP contribution in [0.2, 0.25) is 0 Å². The minimum Gasteiger partial charge on any atom is -0.489 e. The number of nitrogens with zero attached hydrogens (tertiary/aromatic N) is 2. The van der Waals surface area contributed by atoms with Crippen molar-refractivity contribution < 1.29 is 9.53 Å².